The summed E-state index contributed by atoms with van der Waals surface area (Å²) < 4.78 is 5.29. The van der Waals surface area contributed by atoms with E-state index >= 15 is 0 Å². The maximum Gasteiger partial charge on any atom is 0.268 e. The first-order valence-electron chi connectivity index (χ1n) is 8.53. The van der Waals surface area contributed by atoms with E-state index < -0.39 is 0 Å². The smallest absolute Gasteiger partial charge is 0.268 e. The van der Waals surface area contributed by atoms with Crippen molar-refractivity contribution < 1.29 is 9.53 Å². The van der Waals surface area contributed by atoms with E-state index in [-0.39, 0.29) is 5.91 Å². The zero-order valence-corrected chi connectivity index (χ0v) is 16.1. The van der Waals surface area contributed by atoms with Crippen molar-refractivity contribution in [3.05, 3.63) is 58.5 Å². The molecule has 0 radical (unpaired) electrons. The molecule has 27 heavy (non-hydrogen) atoms. The molecule has 0 spiro atoms. The highest BCUT2D eigenvalue weighted by molar-refractivity contribution is 7.21. The number of methoxy groups -OCH3 is 1. The molecule has 4 rings (SSSR count). The molecule has 0 fully saturated rings. The fourth-order valence-corrected chi connectivity index (χ4v) is 4.08. The minimum absolute atomic E-state index is 0.267. The number of hydrogen-bond donors (Lipinski definition) is 2. The van der Waals surface area contributed by atoms with Gasteiger partial charge >= 0.3 is 0 Å². The van der Waals surface area contributed by atoms with Crippen LogP contribution < -0.4 is 15.8 Å². The number of nitrogens with two attached hydrogens (primary N) is 1. The number of pyridine rings is 1. The Morgan fingerprint density at radius 1 is 1.19 bits per heavy atom. The topological polar surface area (TPSA) is 77.2 Å². The number of nitrogen functional groups attached to an aromatic ring is 1. The highest BCUT2D eigenvalue weighted by Crippen LogP contribution is 2.36. The first-order valence-corrected chi connectivity index (χ1v) is 9.34. The lowest BCUT2D eigenvalue weighted by Crippen LogP contribution is -2.12. The lowest BCUT2D eigenvalue weighted by molar-refractivity contribution is 0.103. The number of anilines is 2. The number of aromatic nitrogens is 1. The highest BCUT2D eigenvalue weighted by Gasteiger charge is 2.19. The number of amides is 1. The second kappa shape index (κ2) is 6.55. The first kappa shape index (κ1) is 17.3. The van der Waals surface area contributed by atoms with Gasteiger partial charge in [0.25, 0.3) is 5.91 Å². The summed E-state index contributed by atoms with van der Waals surface area (Å²) in [5.74, 6) is 0.331. The van der Waals surface area contributed by atoms with Gasteiger partial charge in [-0.15, -0.1) is 11.3 Å². The molecule has 0 atom stereocenters. The van der Waals surface area contributed by atoms with Crippen LogP contribution in [0.5, 0.6) is 5.75 Å². The van der Waals surface area contributed by atoms with E-state index in [9.17, 15) is 4.79 Å². The number of carbonyl (C=O) groups is 1. The van der Waals surface area contributed by atoms with E-state index in [1.807, 2.05) is 24.3 Å². The Bertz CT molecular complexity index is 1200. The molecule has 6 heteroatoms. The number of nitrogens with zero attached hydrogens (tertiary/aromatic N) is 1. The molecule has 1 amide bonds. The van der Waals surface area contributed by atoms with Crippen LogP contribution in [-0.2, 0) is 0 Å². The van der Waals surface area contributed by atoms with E-state index in [0.717, 1.165) is 26.7 Å². The molecule has 3 N–H and O–H groups in total. The van der Waals surface area contributed by atoms with E-state index in [2.05, 4.69) is 25.2 Å². The van der Waals surface area contributed by atoms with Crippen LogP contribution in [0.3, 0.4) is 0 Å². The first-order chi connectivity index (χ1) is 13.0. The van der Waals surface area contributed by atoms with Gasteiger partial charge in [0.2, 0.25) is 0 Å². The van der Waals surface area contributed by atoms with E-state index in [0.29, 0.717) is 22.0 Å². The maximum atomic E-state index is 12.8. The number of ether oxygens (including phenoxy) is 1. The van der Waals surface area contributed by atoms with Gasteiger partial charge in [-0.05, 0) is 43.2 Å². The van der Waals surface area contributed by atoms with Gasteiger partial charge in [-0.25, -0.2) is 4.98 Å². The third-order valence-corrected chi connectivity index (χ3v) is 5.89. The third kappa shape index (κ3) is 2.88. The molecule has 0 saturated carbocycles. The molecule has 2 heterocycles. The van der Waals surface area contributed by atoms with Crippen LogP contribution in [0.25, 0.3) is 21.1 Å². The molecule has 0 aliphatic heterocycles. The van der Waals surface area contributed by atoms with Gasteiger partial charge in [0.05, 0.1) is 24.0 Å². The predicted octanol–water partition coefficient (Wildman–Crippen LogP) is 4.91. The largest absolute Gasteiger partial charge is 0.495 e. The van der Waals surface area contributed by atoms with Gasteiger partial charge in [-0.2, -0.15) is 0 Å². The van der Waals surface area contributed by atoms with Crippen LogP contribution in [0.2, 0.25) is 0 Å². The van der Waals surface area contributed by atoms with Gasteiger partial charge in [0.1, 0.15) is 15.5 Å². The Morgan fingerprint density at radius 2 is 1.96 bits per heavy atom. The molecule has 0 saturated heterocycles. The second-order valence-corrected chi connectivity index (χ2v) is 7.42. The summed E-state index contributed by atoms with van der Waals surface area (Å²) >= 11 is 1.31. The van der Waals surface area contributed by atoms with Crippen molar-refractivity contribution >= 4 is 49.7 Å². The van der Waals surface area contributed by atoms with Gasteiger partial charge in [0.15, 0.2) is 0 Å². The number of aryl methyl sites for hydroxylation is 2. The minimum atomic E-state index is -0.267. The van der Waals surface area contributed by atoms with E-state index in [4.69, 9.17) is 15.5 Å². The van der Waals surface area contributed by atoms with Crippen LogP contribution in [0, 0.1) is 13.8 Å². The minimum Gasteiger partial charge on any atom is -0.495 e. The number of para-hydroxylation sites is 2. The molecule has 4 aromatic rings. The number of rotatable bonds is 3. The molecule has 0 aliphatic carbocycles. The quantitative estimate of drug-likeness (QED) is 0.532. The summed E-state index contributed by atoms with van der Waals surface area (Å²) in [5.41, 5.74) is 10.6. The van der Waals surface area contributed by atoms with E-state index in [1.165, 1.54) is 16.9 Å². The molecular weight excluding hydrogens is 358 g/mol. The monoisotopic (exact) mass is 377 g/mol. The molecular formula is C21H19N3O2S. The Hall–Kier alpha value is -3.12. The predicted molar refractivity (Wildman–Crippen MR) is 112 cm³/mol. The highest BCUT2D eigenvalue weighted by atomic mass is 32.1. The standard InChI is InChI=1S/C21H19N3O2S/c1-11-8-9-13-10-14-17(22)19(27-21(14)24-18(13)12(11)2)20(25)23-15-6-4-5-7-16(15)26-3/h4-10H,22H2,1-3H3,(H,23,25). The Morgan fingerprint density at radius 3 is 2.74 bits per heavy atom. The van der Waals surface area contributed by atoms with Crippen LogP contribution in [0.1, 0.15) is 20.8 Å². The molecule has 5 nitrogen and oxygen atoms in total. The number of thiophene rings is 1. The second-order valence-electron chi connectivity index (χ2n) is 6.42. The molecule has 2 aromatic carbocycles. The van der Waals surface area contributed by atoms with Crippen molar-refractivity contribution in [2.24, 2.45) is 0 Å². The van der Waals surface area contributed by atoms with Crippen molar-refractivity contribution in [3.63, 3.8) is 0 Å². The lowest BCUT2D eigenvalue weighted by atomic mass is 10.0. The average molecular weight is 377 g/mol. The van der Waals surface area contributed by atoms with Crippen LogP contribution in [0.15, 0.2) is 42.5 Å². The number of benzene rings is 2. The van der Waals surface area contributed by atoms with Crippen LogP contribution >= 0.6 is 11.3 Å². The van der Waals surface area contributed by atoms with Crippen molar-refractivity contribution in [2.45, 2.75) is 13.8 Å². The Kier molecular flexibility index (Phi) is 4.20. The van der Waals surface area contributed by atoms with E-state index in [1.54, 1.807) is 19.2 Å². The zero-order chi connectivity index (χ0) is 19.1. The van der Waals surface area contributed by atoms with Gasteiger partial charge < -0.3 is 15.8 Å². The summed E-state index contributed by atoms with van der Waals surface area (Å²) in [6, 6.07) is 13.4. The molecule has 0 aliphatic rings. The summed E-state index contributed by atoms with van der Waals surface area (Å²) in [4.78, 5) is 18.8. The number of fused-ring (bicyclic) bond motifs is 2. The normalized spacial score (nSPS) is 11.1. The average Bonchev–Trinajstić information content (AvgIpc) is 3.00. The molecule has 0 bridgehead atoms. The molecule has 136 valence electrons. The van der Waals surface area contributed by atoms with Crippen molar-refractivity contribution in [3.8, 4) is 5.75 Å². The van der Waals surface area contributed by atoms with Crippen LogP contribution in [0.4, 0.5) is 11.4 Å². The molecule has 0 unspecified atom stereocenters. The fraction of sp³-hybridized carbons (Fsp3) is 0.143. The summed E-state index contributed by atoms with van der Waals surface area (Å²) in [6.07, 6.45) is 0. The van der Waals surface area contributed by atoms with Crippen molar-refractivity contribution in [2.75, 3.05) is 18.2 Å². The maximum absolute atomic E-state index is 12.8. The SMILES string of the molecule is COc1ccccc1NC(=O)c1sc2nc3c(C)c(C)ccc3cc2c1N. The number of carbonyl (C=O) groups excluding carboxylic acids is 1. The number of hydrogen-bond acceptors (Lipinski definition) is 5. The van der Waals surface area contributed by atoms with Gasteiger partial charge in [-0.1, -0.05) is 24.3 Å². The summed E-state index contributed by atoms with van der Waals surface area (Å²) in [6.45, 7) is 4.12. The van der Waals surface area contributed by atoms with Crippen molar-refractivity contribution in [1.29, 1.82) is 0 Å². The van der Waals surface area contributed by atoms with Crippen LogP contribution in [-0.4, -0.2) is 18.0 Å². The third-order valence-electron chi connectivity index (χ3n) is 4.77. The van der Waals surface area contributed by atoms with Gasteiger partial charge in [-0.3, -0.25) is 4.79 Å². The lowest BCUT2D eigenvalue weighted by Gasteiger charge is -2.09. The van der Waals surface area contributed by atoms with Gasteiger partial charge in [0, 0.05) is 10.8 Å². The summed E-state index contributed by atoms with van der Waals surface area (Å²) in [5, 5.41) is 4.71. The fourth-order valence-electron chi connectivity index (χ4n) is 3.11. The van der Waals surface area contributed by atoms with Crippen molar-refractivity contribution in [1.82, 2.24) is 4.98 Å². The Balaban J connectivity index is 1.80. The number of nitrogens with one attached hydrogen (secondary N) is 1. The zero-order valence-electron chi connectivity index (χ0n) is 15.3. The summed E-state index contributed by atoms with van der Waals surface area (Å²) in [7, 11) is 1.57. The Labute approximate surface area is 160 Å². The molecule has 2 aromatic heterocycles.